The largest absolute Gasteiger partial charge is 0.497 e. The molecule has 1 aliphatic rings. The summed E-state index contributed by atoms with van der Waals surface area (Å²) in [4.78, 5) is 14.5. The summed E-state index contributed by atoms with van der Waals surface area (Å²) in [7, 11) is 1.57. The van der Waals surface area contributed by atoms with Crippen molar-refractivity contribution < 1.29 is 9.53 Å². The smallest absolute Gasteiger partial charge is 0.271 e. The van der Waals surface area contributed by atoms with Crippen LogP contribution in [0.5, 0.6) is 5.75 Å². The summed E-state index contributed by atoms with van der Waals surface area (Å²) in [6, 6.07) is 15.2. The Morgan fingerprint density at radius 1 is 1.12 bits per heavy atom. The number of hydrogen-bond acceptors (Lipinski definition) is 4. The van der Waals surface area contributed by atoms with Gasteiger partial charge < -0.3 is 9.64 Å². The third kappa shape index (κ3) is 4.59. The minimum atomic E-state index is -0.264. The molecule has 5 heteroatoms. The summed E-state index contributed by atoms with van der Waals surface area (Å²) < 4.78 is 5.12. The number of nitrogens with one attached hydrogen (secondary N) is 1. The molecule has 0 radical (unpaired) electrons. The molecule has 0 aliphatic carbocycles. The van der Waals surface area contributed by atoms with E-state index < -0.39 is 0 Å². The molecule has 0 bridgehead atoms. The molecule has 2 aromatic rings. The van der Waals surface area contributed by atoms with Gasteiger partial charge in [0.2, 0.25) is 0 Å². The molecular weight excluding hydrogens is 314 g/mol. The highest BCUT2D eigenvalue weighted by atomic mass is 16.5. The molecule has 1 amide bonds. The molecule has 2 aromatic carbocycles. The number of rotatable bonds is 5. The van der Waals surface area contributed by atoms with Gasteiger partial charge in [-0.3, -0.25) is 4.79 Å². The first-order chi connectivity index (χ1) is 12.3. The van der Waals surface area contributed by atoms with E-state index in [2.05, 4.69) is 27.6 Å². The van der Waals surface area contributed by atoms with Crippen LogP contribution in [0.2, 0.25) is 0 Å². The average molecular weight is 337 g/mol. The Hall–Kier alpha value is -2.82. The van der Waals surface area contributed by atoms with Gasteiger partial charge in [0.15, 0.2) is 0 Å². The van der Waals surface area contributed by atoms with Crippen molar-refractivity contribution in [2.24, 2.45) is 5.10 Å². The minimum absolute atomic E-state index is 0.264. The van der Waals surface area contributed by atoms with Gasteiger partial charge in [0.05, 0.1) is 13.3 Å². The zero-order valence-electron chi connectivity index (χ0n) is 14.4. The van der Waals surface area contributed by atoms with Crippen LogP contribution in [0.3, 0.4) is 0 Å². The molecule has 1 aliphatic heterocycles. The van der Waals surface area contributed by atoms with Crippen LogP contribution in [-0.2, 0) is 0 Å². The second-order valence-corrected chi connectivity index (χ2v) is 6.07. The second-order valence-electron chi connectivity index (χ2n) is 6.07. The molecular formula is C20H23N3O2. The lowest BCUT2D eigenvalue weighted by atomic mass is 10.1. The van der Waals surface area contributed by atoms with Crippen molar-refractivity contribution in [3.63, 3.8) is 0 Å². The number of nitrogens with zero attached hydrogens (tertiary/aromatic N) is 2. The van der Waals surface area contributed by atoms with Crippen molar-refractivity contribution >= 4 is 17.8 Å². The molecule has 0 aromatic heterocycles. The molecule has 1 heterocycles. The highest BCUT2D eigenvalue weighted by Gasteiger charge is 2.10. The number of carbonyl (C=O) groups excluding carboxylic acids is 1. The molecule has 0 atom stereocenters. The van der Waals surface area contributed by atoms with Crippen LogP contribution in [0.1, 0.15) is 35.2 Å². The molecule has 5 nitrogen and oxygen atoms in total. The van der Waals surface area contributed by atoms with Gasteiger partial charge in [-0.25, -0.2) is 5.43 Å². The predicted molar refractivity (Wildman–Crippen MR) is 101 cm³/mol. The standard InChI is InChI=1S/C20H23N3O2/c1-25-19-7-5-6-17(14-19)20(24)22-21-15-16-8-10-18(11-9-16)23-12-3-2-4-13-23/h5-11,14-15H,2-4,12-13H2,1H3,(H,22,24)/b21-15+. The Morgan fingerprint density at radius 2 is 1.88 bits per heavy atom. The van der Waals surface area contributed by atoms with Crippen LogP contribution in [0.25, 0.3) is 0 Å². The zero-order chi connectivity index (χ0) is 17.5. The summed E-state index contributed by atoms with van der Waals surface area (Å²) in [5.41, 5.74) is 5.25. The molecule has 3 rings (SSSR count). The summed E-state index contributed by atoms with van der Waals surface area (Å²) >= 11 is 0. The number of carbonyl (C=O) groups is 1. The fourth-order valence-electron chi connectivity index (χ4n) is 2.92. The number of anilines is 1. The molecule has 1 saturated heterocycles. The van der Waals surface area contributed by atoms with Gasteiger partial charge in [0.25, 0.3) is 5.91 Å². The van der Waals surface area contributed by atoms with Crippen LogP contribution in [0.15, 0.2) is 53.6 Å². The second kappa shape index (κ2) is 8.33. The Balaban J connectivity index is 1.57. The van der Waals surface area contributed by atoms with E-state index in [-0.39, 0.29) is 5.91 Å². The number of piperidine rings is 1. The van der Waals surface area contributed by atoms with Crippen LogP contribution < -0.4 is 15.1 Å². The predicted octanol–water partition coefficient (Wildman–Crippen LogP) is 3.45. The van der Waals surface area contributed by atoms with Crippen molar-refractivity contribution in [3.05, 3.63) is 59.7 Å². The third-order valence-corrected chi connectivity index (χ3v) is 4.33. The lowest BCUT2D eigenvalue weighted by molar-refractivity contribution is 0.0955. The van der Waals surface area contributed by atoms with Crippen molar-refractivity contribution in [1.82, 2.24) is 5.43 Å². The molecule has 0 saturated carbocycles. The zero-order valence-corrected chi connectivity index (χ0v) is 14.4. The van der Waals surface area contributed by atoms with Crippen LogP contribution >= 0.6 is 0 Å². The lowest BCUT2D eigenvalue weighted by Crippen LogP contribution is -2.29. The van der Waals surface area contributed by atoms with E-state index in [1.807, 2.05) is 12.1 Å². The SMILES string of the molecule is COc1cccc(C(=O)N/N=C/c2ccc(N3CCCCC3)cc2)c1. The Labute approximate surface area is 148 Å². The lowest BCUT2D eigenvalue weighted by Gasteiger charge is -2.28. The van der Waals surface area contributed by atoms with Crippen molar-refractivity contribution in [3.8, 4) is 5.75 Å². The molecule has 25 heavy (non-hydrogen) atoms. The molecule has 1 fully saturated rings. The van der Waals surface area contributed by atoms with E-state index in [0.29, 0.717) is 11.3 Å². The van der Waals surface area contributed by atoms with E-state index >= 15 is 0 Å². The Bertz CT molecular complexity index is 735. The van der Waals surface area contributed by atoms with Crippen molar-refractivity contribution in [1.29, 1.82) is 0 Å². The van der Waals surface area contributed by atoms with Crippen molar-refractivity contribution in [2.75, 3.05) is 25.1 Å². The fraction of sp³-hybridized carbons (Fsp3) is 0.300. The first-order valence-electron chi connectivity index (χ1n) is 8.59. The molecule has 0 spiro atoms. The van der Waals surface area contributed by atoms with Gasteiger partial charge in [-0.15, -0.1) is 0 Å². The number of hydrogen-bond donors (Lipinski definition) is 1. The maximum absolute atomic E-state index is 12.1. The first kappa shape index (κ1) is 17.0. The van der Waals surface area contributed by atoms with E-state index in [0.717, 1.165) is 18.7 Å². The highest BCUT2D eigenvalue weighted by molar-refractivity contribution is 5.95. The Morgan fingerprint density at radius 3 is 2.60 bits per heavy atom. The summed E-state index contributed by atoms with van der Waals surface area (Å²) in [6.45, 7) is 2.26. The van der Waals surface area contributed by atoms with E-state index in [1.165, 1.54) is 24.9 Å². The highest BCUT2D eigenvalue weighted by Crippen LogP contribution is 2.19. The maximum atomic E-state index is 12.1. The van der Waals surface area contributed by atoms with E-state index in [9.17, 15) is 4.79 Å². The third-order valence-electron chi connectivity index (χ3n) is 4.33. The van der Waals surface area contributed by atoms with Crippen LogP contribution in [-0.4, -0.2) is 32.3 Å². The van der Waals surface area contributed by atoms with Gasteiger partial charge in [-0.05, 0) is 55.2 Å². The number of hydrazone groups is 1. The maximum Gasteiger partial charge on any atom is 0.271 e. The van der Waals surface area contributed by atoms with Gasteiger partial charge in [-0.1, -0.05) is 18.2 Å². The van der Waals surface area contributed by atoms with E-state index in [4.69, 9.17) is 4.74 Å². The molecule has 1 N–H and O–H groups in total. The quantitative estimate of drug-likeness (QED) is 0.671. The topological polar surface area (TPSA) is 53.9 Å². The fourth-order valence-corrected chi connectivity index (χ4v) is 2.92. The number of amides is 1. The summed E-state index contributed by atoms with van der Waals surface area (Å²) in [5.74, 6) is 0.380. The van der Waals surface area contributed by atoms with Gasteiger partial charge in [0, 0.05) is 24.3 Å². The Kier molecular flexibility index (Phi) is 5.67. The monoisotopic (exact) mass is 337 g/mol. The summed E-state index contributed by atoms with van der Waals surface area (Å²) in [6.07, 6.45) is 5.51. The van der Waals surface area contributed by atoms with Crippen molar-refractivity contribution in [2.45, 2.75) is 19.3 Å². The van der Waals surface area contributed by atoms with Crippen LogP contribution in [0.4, 0.5) is 5.69 Å². The van der Waals surface area contributed by atoms with Gasteiger partial charge in [-0.2, -0.15) is 5.10 Å². The number of benzene rings is 2. The average Bonchev–Trinajstić information content (AvgIpc) is 2.69. The molecule has 0 unspecified atom stereocenters. The van der Waals surface area contributed by atoms with Gasteiger partial charge >= 0.3 is 0 Å². The number of ether oxygens (including phenoxy) is 1. The summed E-state index contributed by atoms with van der Waals surface area (Å²) in [5, 5.41) is 4.04. The van der Waals surface area contributed by atoms with E-state index in [1.54, 1.807) is 37.6 Å². The minimum Gasteiger partial charge on any atom is -0.497 e. The number of methoxy groups -OCH3 is 1. The van der Waals surface area contributed by atoms with Crippen LogP contribution in [0, 0.1) is 0 Å². The van der Waals surface area contributed by atoms with Gasteiger partial charge in [0.1, 0.15) is 5.75 Å². The normalized spacial score (nSPS) is 14.5. The first-order valence-corrected chi connectivity index (χ1v) is 8.59. The molecule has 130 valence electrons.